The average molecular weight is 491 g/mol. The molecule has 2 amide bonds. The van der Waals surface area contributed by atoms with E-state index in [9.17, 15) is 19.2 Å². The Kier molecular flexibility index (Phi) is 11.4. The normalized spacial score (nSPS) is 12.5. The molecule has 0 saturated carbocycles. The molecule has 1 aromatic carbocycles. The minimum atomic E-state index is -1.14. The van der Waals surface area contributed by atoms with Crippen LogP contribution in [0.25, 0.3) is 0 Å². The Morgan fingerprint density at radius 2 is 1.74 bits per heavy atom. The third-order valence-corrected chi connectivity index (χ3v) is 4.50. The highest BCUT2D eigenvalue weighted by Crippen LogP contribution is 2.12. The molecule has 5 N–H and O–H groups in total. The Labute approximate surface area is 204 Å². The number of esters is 2. The first kappa shape index (κ1) is 29.1. The molecule has 0 aromatic heterocycles. The molecule has 0 radical (unpaired) electrons. The minimum absolute atomic E-state index is 0.0488. The maximum absolute atomic E-state index is 13.1. The zero-order valence-electron chi connectivity index (χ0n) is 20.5. The van der Waals surface area contributed by atoms with Crippen molar-refractivity contribution in [3.05, 3.63) is 48.0 Å². The Bertz CT molecular complexity index is 923. The molecular formula is C24H34N4O7. The molecule has 11 nitrogen and oxygen atoms in total. The van der Waals surface area contributed by atoms with Crippen molar-refractivity contribution in [2.45, 2.75) is 57.7 Å². The molecule has 0 fully saturated rings. The van der Waals surface area contributed by atoms with Gasteiger partial charge in [0.05, 0.1) is 7.11 Å². The summed E-state index contributed by atoms with van der Waals surface area (Å²) in [7, 11) is 1.16. The van der Waals surface area contributed by atoms with E-state index in [4.69, 9.17) is 25.4 Å². The lowest BCUT2D eigenvalue weighted by molar-refractivity contribution is -0.155. The van der Waals surface area contributed by atoms with E-state index in [1.807, 2.05) is 0 Å². The number of ether oxygens (including phenoxy) is 3. The Hall–Kier alpha value is -3.89. The molecule has 1 aromatic rings. The van der Waals surface area contributed by atoms with Crippen molar-refractivity contribution in [1.29, 1.82) is 5.41 Å². The molecule has 1 unspecified atom stereocenters. The first-order chi connectivity index (χ1) is 16.4. The maximum atomic E-state index is 13.1. The van der Waals surface area contributed by atoms with Crippen LogP contribution in [0.5, 0.6) is 0 Å². The summed E-state index contributed by atoms with van der Waals surface area (Å²) in [5.41, 5.74) is 5.93. The molecule has 0 aliphatic heterocycles. The van der Waals surface area contributed by atoms with Crippen molar-refractivity contribution in [1.82, 2.24) is 10.6 Å². The number of hydrogen-bond donors (Lipinski definition) is 4. The lowest BCUT2D eigenvalue weighted by Crippen LogP contribution is -2.53. The van der Waals surface area contributed by atoms with Gasteiger partial charge in [0.1, 0.15) is 30.1 Å². The molecule has 0 bridgehead atoms. The molecule has 192 valence electrons. The SMILES string of the molecule is C=CCOC(=O)N[C@@H](Cc1ccc(C(=N)N)cc1)C(=O)NC(CCC(=O)OC(C)(C)C)C(=O)OC. The molecule has 0 aliphatic carbocycles. The molecule has 35 heavy (non-hydrogen) atoms. The van der Waals surface area contributed by atoms with Gasteiger partial charge in [-0.2, -0.15) is 0 Å². The Morgan fingerprint density at radius 3 is 2.26 bits per heavy atom. The smallest absolute Gasteiger partial charge is 0.408 e. The van der Waals surface area contributed by atoms with Gasteiger partial charge >= 0.3 is 18.0 Å². The fourth-order valence-electron chi connectivity index (χ4n) is 2.90. The number of methoxy groups -OCH3 is 1. The van der Waals surface area contributed by atoms with Crippen LogP contribution in [0.3, 0.4) is 0 Å². The number of amidine groups is 1. The van der Waals surface area contributed by atoms with E-state index in [1.54, 1.807) is 45.0 Å². The number of nitrogens with one attached hydrogen (secondary N) is 3. The third-order valence-electron chi connectivity index (χ3n) is 4.50. The van der Waals surface area contributed by atoms with Crippen molar-refractivity contribution in [3.63, 3.8) is 0 Å². The van der Waals surface area contributed by atoms with Crippen LogP contribution >= 0.6 is 0 Å². The van der Waals surface area contributed by atoms with E-state index < -0.39 is 41.6 Å². The van der Waals surface area contributed by atoms with E-state index in [0.29, 0.717) is 11.1 Å². The fraction of sp³-hybridized carbons (Fsp3) is 0.458. The van der Waals surface area contributed by atoms with Crippen molar-refractivity contribution < 1.29 is 33.4 Å². The number of nitrogens with two attached hydrogens (primary N) is 1. The number of rotatable bonds is 12. The minimum Gasteiger partial charge on any atom is -0.467 e. The highest BCUT2D eigenvalue weighted by Gasteiger charge is 2.29. The first-order valence-electron chi connectivity index (χ1n) is 10.9. The molecule has 0 saturated heterocycles. The number of alkyl carbamates (subject to hydrolysis) is 1. The summed E-state index contributed by atoms with van der Waals surface area (Å²) in [6, 6.07) is 4.28. The average Bonchev–Trinajstić information content (AvgIpc) is 2.78. The monoisotopic (exact) mass is 490 g/mol. The summed E-state index contributed by atoms with van der Waals surface area (Å²) in [5.74, 6) is -2.08. The first-order valence-corrected chi connectivity index (χ1v) is 10.9. The van der Waals surface area contributed by atoms with Crippen molar-refractivity contribution in [2.75, 3.05) is 13.7 Å². The number of amides is 2. The molecule has 0 heterocycles. The predicted octanol–water partition coefficient (Wildman–Crippen LogP) is 1.57. The zero-order valence-corrected chi connectivity index (χ0v) is 20.5. The van der Waals surface area contributed by atoms with E-state index >= 15 is 0 Å². The van der Waals surface area contributed by atoms with Crippen LogP contribution in [-0.2, 0) is 35.0 Å². The second kappa shape index (κ2) is 13.7. The molecule has 1 rings (SSSR count). The molecule has 2 atom stereocenters. The Morgan fingerprint density at radius 1 is 1.11 bits per heavy atom. The van der Waals surface area contributed by atoms with E-state index in [-0.39, 0.29) is 31.7 Å². The van der Waals surface area contributed by atoms with Crippen LogP contribution in [0.4, 0.5) is 4.79 Å². The summed E-state index contributed by atoms with van der Waals surface area (Å²) in [6.07, 6.45) is 0.373. The van der Waals surface area contributed by atoms with E-state index in [0.717, 1.165) is 7.11 Å². The third kappa shape index (κ3) is 11.2. The maximum Gasteiger partial charge on any atom is 0.408 e. The standard InChI is InChI=1S/C24H34N4O7/c1-6-13-34-23(32)28-18(14-15-7-9-16(10-8-15)20(25)26)21(30)27-17(22(31)33-5)11-12-19(29)35-24(2,3)4/h6-10,17-18H,1,11-14H2,2-5H3,(H3,25,26)(H,27,30)(H,28,32)/t17?,18-/m0/s1. The van der Waals surface area contributed by atoms with Crippen molar-refractivity contribution in [2.24, 2.45) is 5.73 Å². The van der Waals surface area contributed by atoms with Gasteiger partial charge in [-0.3, -0.25) is 15.0 Å². The van der Waals surface area contributed by atoms with Crippen LogP contribution < -0.4 is 16.4 Å². The highest BCUT2D eigenvalue weighted by atomic mass is 16.6. The van der Waals surface area contributed by atoms with Gasteiger partial charge in [0.15, 0.2) is 0 Å². The highest BCUT2D eigenvalue weighted by molar-refractivity contribution is 5.95. The van der Waals surface area contributed by atoms with Crippen molar-refractivity contribution in [3.8, 4) is 0 Å². The van der Waals surface area contributed by atoms with Crippen LogP contribution in [0.15, 0.2) is 36.9 Å². The van der Waals surface area contributed by atoms with Gasteiger partial charge in [0.2, 0.25) is 5.91 Å². The fourth-order valence-corrected chi connectivity index (χ4v) is 2.90. The van der Waals surface area contributed by atoms with Gasteiger partial charge in [0.25, 0.3) is 0 Å². The van der Waals surface area contributed by atoms with Gasteiger partial charge in [-0.1, -0.05) is 36.9 Å². The van der Waals surface area contributed by atoms with Crippen LogP contribution in [-0.4, -0.2) is 61.2 Å². The Balaban J connectivity index is 3.00. The van der Waals surface area contributed by atoms with E-state index in [1.165, 1.54) is 6.08 Å². The summed E-state index contributed by atoms with van der Waals surface area (Å²) in [6.45, 7) is 8.55. The van der Waals surface area contributed by atoms with Crippen LogP contribution in [0, 0.1) is 5.41 Å². The van der Waals surface area contributed by atoms with Gasteiger partial charge in [-0.15, -0.1) is 0 Å². The molecule has 11 heteroatoms. The van der Waals surface area contributed by atoms with Crippen LogP contribution in [0.1, 0.15) is 44.7 Å². The van der Waals surface area contributed by atoms with E-state index in [2.05, 4.69) is 17.2 Å². The quantitative estimate of drug-likeness (QED) is 0.112. The summed E-state index contributed by atoms with van der Waals surface area (Å²) >= 11 is 0. The zero-order chi connectivity index (χ0) is 26.6. The van der Waals surface area contributed by atoms with Crippen molar-refractivity contribution >= 4 is 29.8 Å². The predicted molar refractivity (Wildman–Crippen MR) is 129 cm³/mol. The summed E-state index contributed by atoms with van der Waals surface area (Å²) in [5, 5.41) is 12.5. The molecule has 0 aliphatic rings. The van der Waals surface area contributed by atoms with Crippen LogP contribution in [0.2, 0.25) is 0 Å². The van der Waals surface area contributed by atoms with Gasteiger partial charge in [-0.25, -0.2) is 9.59 Å². The number of hydrogen-bond acceptors (Lipinski definition) is 8. The topological polar surface area (TPSA) is 170 Å². The largest absolute Gasteiger partial charge is 0.467 e. The van der Waals surface area contributed by atoms with Gasteiger partial charge < -0.3 is 30.6 Å². The summed E-state index contributed by atoms with van der Waals surface area (Å²) in [4.78, 5) is 49.5. The molecule has 0 spiro atoms. The summed E-state index contributed by atoms with van der Waals surface area (Å²) < 4.78 is 14.9. The van der Waals surface area contributed by atoms with Gasteiger partial charge in [0, 0.05) is 18.4 Å². The number of carbonyl (C=O) groups is 4. The lowest BCUT2D eigenvalue weighted by Gasteiger charge is -2.23. The molecular weight excluding hydrogens is 456 g/mol. The number of benzene rings is 1. The lowest BCUT2D eigenvalue weighted by atomic mass is 10.0. The number of carbonyl (C=O) groups excluding carboxylic acids is 4. The second-order valence-electron chi connectivity index (χ2n) is 8.61. The second-order valence-corrected chi connectivity index (χ2v) is 8.61. The van der Waals surface area contributed by atoms with Gasteiger partial charge in [-0.05, 0) is 32.8 Å². The number of nitrogen functional groups attached to an aromatic ring is 1.